The minimum Gasteiger partial charge on any atom is -0.463 e. The number of furan rings is 1. The molecule has 100 valence electrons. The van der Waals surface area contributed by atoms with Crippen LogP contribution in [0.3, 0.4) is 0 Å². The molecule has 2 aromatic rings. The molecule has 0 fully saturated rings. The lowest BCUT2D eigenvalue weighted by molar-refractivity contribution is -0.0592. The molecule has 2 nitrogen and oxygen atoms in total. The normalized spacial score (nSPS) is 14.4. The highest BCUT2D eigenvalue weighted by atomic mass is 19.4. The maximum Gasteiger partial charge on any atom is 0.436 e. The largest absolute Gasteiger partial charge is 0.463 e. The van der Waals surface area contributed by atoms with Crippen LogP contribution in [-0.4, -0.2) is 11.9 Å². The molecule has 0 amide bonds. The third kappa shape index (κ3) is 3.24. The van der Waals surface area contributed by atoms with E-state index in [1.807, 2.05) is 0 Å². The van der Waals surface area contributed by atoms with Crippen LogP contribution in [0.25, 0.3) is 0 Å². The molecule has 5 heteroatoms. The monoisotopic (exact) mass is 267 g/mol. The van der Waals surface area contributed by atoms with Gasteiger partial charge >= 0.3 is 6.18 Å². The third-order valence-electron chi connectivity index (χ3n) is 2.63. The molecular weight excluding hydrogens is 255 g/mol. The van der Waals surface area contributed by atoms with Gasteiger partial charge in [-0.05, 0) is 24.6 Å². The minimum atomic E-state index is -4.54. The third-order valence-corrected chi connectivity index (χ3v) is 2.63. The van der Waals surface area contributed by atoms with Crippen LogP contribution in [-0.2, 0) is 0 Å². The van der Waals surface area contributed by atoms with Crippen LogP contribution >= 0.6 is 0 Å². The first-order chi connectivity index (χ1) is 8.98. The summed E-state index contributed by atoms with van der Waals surface area (Å²) in [6, 6.07) is 10.9. The van der Waals surface area contributed by atoms with Crippen molar-refractivity contribution in [3.8, 4) is 0 Å². The van der Waals surface area contributed by atoms with Crippen molar-refractivity contribution in [3.05, 3.63) is 60.1 Å². The van der Waals surface area contributed by atoms with Gasteiger partial charge in [0.05, 0.1) is 12.3 Å². The zero-order chi connectivity index (χ0) is 13.9. The number of hydrogen-bond donors (Lipinski definition) is 0. The molecule has 0 bridgehead atoms. The van der Waals surface area contributed by atoms with Crippen LogP contribution in [0.5, 0.6) is 0 Å². The van der Waals surface area contributed by atoms with E-state index in [2.05, 4.69) is 4.99 Å². The fourth-order valence-electron chi connectivity index (χ4n) is 1.69. The standard InChI is InChI=1S/C14H12F3NO/c1-10(11-6-3-2-4-7-11)18-13(14(15,16)17)12-8-5-9-19-12/h2-10H,1H3/b18-13+/t10-/m1/s1. The van der Waals surface area contributed by atoms with Crippen molar-refractivity contribution in [2.75, 3.05) is 0 Å². The first kappa shape index (κ1) is 13.4. The van der Waals surface area contributed by atoms with Gasteiger partial charge in [0.15, 0.2) is 11.5 Å². The predicted molar refractivity (Wildman–Crippen MR) is 66.2 cm³/mol. The molecule has 0 aliphatic heterocycles. The first-order valence-corrected chi connectivity index (χ1v) is 5.72. The Morgan fingerprint density at radius 1 is 1.11 bits per heavy atom. The van der Waals surface area contributed by atoms with Gasteiger partial charge in [0.1, 0.15) is 0 Å². The van der Waals surface area contributed by atoms with Crippen LogP contribution in [0.2, 0.25) is 0 Å². The molecule has 19 heavy (non-hydrogen) atoms. The predicted octanol–water partition coefficient (Wildman–Crippen LogP) is 4.39. The van der Waals surface area contributed by atoms with Gasteiger partial charge in [-0.2, -0.15) is 13.2 Å². The molecule has 0 saturated carbocycles. The number of halogens is 3. The lowest BCUT2D eigenvalue weighted by Gasteiger charge is -2.12. The Kier molecular flexibility index (Phi) is 3.74. The Morgan fingerprint density at radius 3 is 2.32 bits per heavy atom. The Balaban J connectivity index is 2.37. The van der Waals surface area contributed by atoms with Crippen molar-refractivity contribution in [2.24, 2.45) is 4.99 Å². The average molecular weight is 267 g/mol. The molecule has 2 rings (SSSR count). The first-order valence-electron chi connectivity index (χ1n) is 5.72. The van der Waals surface area contributed by atoms with E-state index >= 15 is 0 Å². The second-order valence-corrected chi connectivity index (χ2v) is 4.04. The maximum atomic E-state index is 13.0. The van der Waals surface area contributed by atoms with E-state index in [1.165, 1.54) is 18.4 Å². The van der Waals surface area contributed by atoms with Crippen molar-refractivity contribution in [3.63, 3.8) is 0 Å². The molecule has 0 unspecified atom stereocenters. The summed E-state index contributed by atoms with van der Waals surface area (Å²) in [6.45, 7) is 1.62. The van der Waals surface area contributed by atoms with E-state index in [0.29, 0.717) is 0 Å². The fraction of sp³-hybridized carbons (Fsp3) is 0.214. The number of alkyl halides is 3. The maximum absolute atomic E-state index is 13.0. The molecule has 0 aliphatic rings. The van der Waals surface area contributed by atoms with Crippen molar-refractivity contribution in [2.45, 2.75) is 19.1 Å². The van der Waals surface area contributed by atoms with Gasteiger partial charge < -0.3 is 4.42 Å². The zero-order valence-electron chi connectivity index (χ0n) is 10.2. The van der Waals surface area contributed by atoms with Crippen molar-refractivity contribution in [1.82, 2.24) is 0 Å². The van der Waals surface area contributed by atoms with Gasteiger partial charge in [0, 0.05) is 0 Å². The second kappa shape index (κ2) is 5.30. The SMILES string of the molecule is C[C@@H](/N=C(\c1ccco1)C(F)(F)F)c1ccccc1. The van der Waals surface area contributed by atoms with Gasteiger partial charge in [-0.25, -0.2) is 0 Å². The number of benzene rings is 1. The Morgan fingerprint density at radius 2 is 1.79 bits per heavy atom. The molecule has 1 atom stereocenters. The van der Waals surface area contributed by atoms with E-state index in [9.17, 15) is 13.2 Å². The van der Waals surface area contributed by atoms with E-state index in [0.717, 1.165) is 5.56 Å². The summed E-state index contributed by atoms with van der Waals surface area (Å²) in [4.78, 5) is 3.76. The van der Waals surface area contributed by atoms with Gasteiger partial charge in [0.25, 0.3) is 0 Å². The molecule has 0 aliphatic carbocycles. The Bertz CT molecular complexity index is 544. The van der Waals surface area contributed by atoms with Crippen molar-refractivity contribution >= 4 is 5.71 Å². The summed E-state index contributed by atoms with van der Waals surface area (Å²) in [7, 11) is 0. The van der Waals surface area contributed by atoms with Crippen LogP contribution < -0.4 is 0 Å². The average Bonchev–Trinajstić information content (AvgIpc) is 2.88. The highest BCUT2D eigenvalue weighted by molar-refractivity contribution is 6.02. The Labute approximate surface area is 108 Å². The quantitative estimate of drug-likeness (QED) is 0.757. The van der Waals surface area contributed by atoms with Gasteiger partial charge in [0.2, 0.25) is 0 Å². The molecular formula is C14H12F3NO. The van der Waals surface area contributed by atoms with Gasteiger partial charge in [-0.3, -0.25) is 4.99 Å². The summed E-state index contributed by atoms with van der Waals surface area (Å²) >= 11 is 0. The van der Waals surface area contributed by atoms with Crippen LogP contribution in [0.4, 0.5) is 13.2 Å². The molecule has 0 spiro atoms. The highest BCUT2D eigenvalue weighted by Gasteiger charge is 2.39. The Hall–Kier alpha value is -2.04. The zero-order valence-corrected chi connectivity index (χ0v) is 10.2. The minimum absolute atomic E-state index is 0.268. The lowest BCUT2D eigenvalue weighted by atomic mass is 10.1. The molecule has 1 aromatic carbocycles. The molecule has 0 radical (unpaired) electrons. The fourth-order valence-corrected chi connectivity index (χ4v) is 1.69. The summed E-state index contributed by atoms with van der Waals surface area (Å²) < 4.78 is 43.7. The second-order valence-electron chi connectivity index (χ2n) is 4.04. The summed E-state index contributed by atoms with van der Waals surface area (Å²) in [6.07, 6.45) is -3.34. The van der Waals surface area contributed by atoms with Crippen LogP contribution in [0.15, 0.2) is 58.1 Å². The van der Waals surface area contributed by atoms with E-state index < -0.39 is 17.9 Å². The lowest BCUT2D eigenvalue weighted by Crippen LogP contribution is -2.24. The number of hydrogen-bond acceptors (Lipinski definition) is 2. The smallest absolute Gasteiger partial charge is 0.436 e. The number of rotatable bonds is 3. The summed E-state index contributed by atoms with van der Waals surface area (Å²) in [5.74, 6) is -0.268. The van der Waals surface area contributed by atoms with Crippen LogP contribution in [0.1, 0.15) is 24.3 Å². The number of nitrogens with zero attached hydrogens (tertiary/aromatic N) is 1. The summed E-state index contributed by atoms with van der Waals surface area (Å²) in [5.41, 5.74) is -0.273. The summed E-state index contributed by atoms with van der Waals surface area (Å²) in [5, 5.41) is 0. The van der Waals surface area contributed by atoms with Crippen molar-refractivity contribution in [1.29, 1.82) is 0 Å². The molecule has 1 heterocycles. The van der Waals surface area contributed by atoms with E-state index in [1.54, 1.807) is 37.3 Å². The van der Waals surface area contributed by atoms with Gasteiger partial charge in [-0.1, -0.05) is 30.3 Å². The molecule has 0 N–H and O–H groups in total. The topological polar surface area (TPSA) is 25.5 Å². The van der Waals surface area contributed by atoms with Crippen LogP contribution in [0, 0.1) is 0 Å². The highest BCUT2D eigenvalue weighted by Crippen LogP contribution is 2.26. The number of aliphatic imine (C=N–C) groups is 1. The van der Waals surface area contributed by atoms with E-state index in [4.69, 9.17) is 4.42 Å². The molecule has 0 saturated heterocycles. The van der Waals surface area contributed by atoms with Crippen molar-refractivity contribution < 1.29 is 17.6 Å². The van der Waals surface area contributed by atoms with Gasteiger partial charge in [-0.15, -0.1) is 0 Å². The van der Waals surface area contributed by atoms with E-state index in [-0.39, 0.29) is 5.76 Å². The molecule has 1 aromatic heterocycles.